The monoisotopic (exact) mass is 495 g/mol. The number of nitrogens with zero attached hydrogens (tertiary/aromatic N) is 1. The zero-order chi connectivity index (χ0) is 25.7. The van der Waals surface area contributed by atoms with E-state index in [-0.39, 0.29) is 5.41 Å². The van der Waals surface area contributed by atoms with Crippen LogP contribution in [-0.2, 0) is 5.41 Å². The maximum atomic E-state index is 6.70. The molecule has 4 rings (SSSR count). The molecule has 0 N–H and O–H groups in total. The highest BCUT2D eigenvalue weighted by Gasteiger charge is 2.24. The van der Waals surface area contributed by atoms with E-state index < -0.39 is 0 Å². The Balaban J connectivity index is 1.79. The van der Waals surface area contributed by atoms with Gasteiger partial charge in [-0.05, 0) is 48.2 Å². The minimum Gasteiger partial charge on any atom is -0.492 e. The first kappa shape index (κ1) is 26.1. The average Bonchev–Trinajstić information content (AvgIpc) is 2.86. The standard InChI is InChI=1S/C33H38NOP/c1-23-20-28(33(3,4)5)31(35-22-25-15-9-7-10-16-25)29(21-23)36-32-24(2)14-13-19-27(32)30(34-6)26-17-11-8-12-18-26/h7-15,17-21,25,36H,16,22H2,1-6H3/b34-30+. The zero-order valence-electron chi connectivity index (χ0n) is 22.4. The molecule has 0 spiro atoms. The summed E-state index contributed by atoms with van der Waals surface area (Å²) in [5.41, 5.74) is 7.20. The van der Waals surface area contributed by atoms with Gasteiger partial charge in [0.2, 0.25) is 0 Å². The van der Waals surface area contributed by atoms with Crippen LogP contribution in [0.1, 0.15) is 55.0 Å². The quantitative estimate of drug-likeness (QED) is 0.251. The Morgan fingerprint density at radius 3 is 2.44 bits per heavy atom. The van der Waals surface area contributed by atoms with E-state index in [9.17, 15) is 0 Å². The van der Waals surface area contributed by atoms with E-state index in [0.717, 1.165) is 23.4 Å². The molecule has 0 bridgehead atoms. The summed E-state index contributed by atoms with van der Waals surface area (Å²) in [7, 11) is 2.36. The van der Waals surface area contributed by atoms with Crippen LogP contribution in [-0.4, -0.2) is 19.4 Å². The highest BCUT2D eigenvalue weighted by atomic mass is 31.1. The highest BCUT2D eigenvalue weighted by Crippen LogP contribution is 2.35. The molecule has 0 radical (unpaired) electrons. The molecule has 3 aromatic carbocycles. The highest BCUT2D eigenvalue weighted by molar-refractivity contribution is 7.56. The van der Waals surface area contributed by atoms with Crippen molar-refractivity contribution in [3.8, 4) is 5.75 Å². The first-order valence-electron chi connectivity index (χ1n) is 12.8. The second-order valence-electron chi connectivity index (χ2n) is 10.6. The molecule has 0 aromatic heterocycles. The topological polar surface area (TPSA) is 21.6 Å². The minimum atomic E-state index is -0.0163. The summed E-state index contributed by atoms with van der Waals surface area (Å²) in [6.07, 6.45) is 9.77. The largest absolute Gasteiger partial charge is 0.492 e. The molecule has 0 amide bonds. The molecule has 186 valence electrons. The molecule has 2 unspecified atom stereocenters. The minimum absolute atomic E-state index is 0.0163. The molecule has 0 saturated carbocycles. The number of benzene rings is 3. The summed E-state index contributed by atoms with van der Waals surface area (Å²) >= 11 is 0. The molecule has 1 aliphatic rings. The predicted molar refractivity (Wildman–Crippen MR) is 159 cm³/mol. The van der Waals surface area contributed by atoms with Gasteiger partial charge >= 0.3 is 0 Å². The van der Waals surface area contributed by atoms with Crippen LogP contribution in [0.5, 0.6) is 5.75 Å². The van der Waals surface area contributed by atoms with Crippen molar-refractivity contribution in [3.05, 3.63) is 113 Å². The molecular weight excluding hydrogens is 457 g/mol. The van der Waals surface area contributed by atoms with Gasteiger partial charge in [-0.1, -0.05) is 108 Å². The number of hydrogen-bond donors (Lipinski definition) is 0. The molecule has 0 saturated heterocycles. The first-order chi connectivity index (χ1) is 17.3. The van der Waals surface area contributed by atoms with Crippen LogP contribution < -0.4 is 15.3 Å². The maximum Gasteiger partial charge on any atom is 0.130 e. The lowest BCUT2D eigenvalue weighted by Crippen LogP contribution is -2.23. The third-order valence-corrected chi connectivity index (χ3v) is 8.17. The van der Waals surface area contributed by atoms with Gasteiger partial charge in [0, 0.05) is 35.0 Å². The van der Waals surface area contributed by atoms with Crippen LogP contribution >= 0.6 is 8.58 Å². The van der Waals surface area contributed by atoms with Gasteiger partial charge in [-0.25, -0.2) is 0 Å². The Kier molecular flexibility index (Phi) is 8.27. The van der Waals surface area contributed by atoms with E-state index in [4.69, 9.17) is 9.73 Å². The number of rotatable bonds is 7. The zero-order valence-corrected chi connectivity index (χ0v) is 23.4. The number of aryl methyl sites for hydroxylation is 2. The summed E-state index contributed by atoms with van der Waals surface area (Å²) in [5.74, 6) is 1.46. The Labute approximate surface area is 219 Å². The van der Waals surface area contributed by atoms with Crippen LogP contribution in [0.25, 0.3) is 0 Å². The van der Waals surface area contributed by atoms with Crippen LogP contribution in [0.3, 0.4) is 0 Å². The maximum absolute atomic E-state index is 6.70. The number of allylic oxidation sites excluding steroid dienone is 3. The molecule has 2 nitrogen and oxygen atoms in total. The average molecular weight is 496 g/mol. The van der Waals surface area contributed by atoms with E-state index in [2.05, 4.69) is 120 Å². The van der Waals surface area contributed by atoms with Crippen molar-refractivity contribution < 1.29 is 4.74 Å². The first-order valence-corrected chi connectivity index (χ1v) is 13.8. The normalized spacial score (nSPS) is 16.2. The Hall–Kier alpha value is -2.96. The fraction of sp³-hybridized carbons (Fsp3) is 0.303. The molecule has 0 aliphatic heterocycles. The molecular formula is C33H38NOP. The third kappa shape index (κ3) is 6.05. The van der Waals surface area contributed by atoms with Gasteiger partial charge in [0.1, 0.15) is 5.75 Å². The lowest BCUT2D eigenvalue weighted by atomic mass is 9.85. The van der Waals surface area contributed by atoms with E-state index in [1.807, 2.05) is 7.05 Å². The Bertz CT molecular complexity index is 1300. The molecule has 2 atom stereocenters. The van der Waals surface area contributed by atoms with E-state index in [1.54, 1.807) is 0 Å². The fourth-order valence-electron chi connectivity index (χ4n) is 4.69. The molecule has 3 aromatic rings. The van der Waals surface area contributed by atoms with Gasteiger partial charge in [0.25, 0.3) is 0 Å². The van der Waals surface area contributed by atoms with Gasteiger partial charge in [0.05, 0.1) is 12.3 Å². The number of hydrogen-bond acceptors (Lipinski definition) is 2. The van der Waals surface area contributed by atoms with Crippen molar-refractivity contribution in [2.45, 2.75) is 46.5 Å². The van der Waals surface area contributed by atoms with E-state index in [0.29, 0.717) is 21.1 Å². The summed E-state index contributed by atoms with van der Waals surface area (Å²) in [5, 5.41) is 2.60. The molecule has 0 heterocycles. The van der Waals surface area contributed by atoms with Gasteiger partial charge in [0.15, 0.2) is 0 Å². The molecule has 1 aliphatic carbocycles. The lowest BCUT2D eigenvalue weighted by Gasteiger charge is -2.27. The van der Waals surface area contributed by atoms with Crippen molar-refractivity contribution in [2.24, 2.45) is 10.9 Å². The van der Waals surface area contributed by atoms with Crippen molar-refractivity contribution in [2.75, 3.05) is 13.7 Å². The van der Waals surface area contributed by atoms with Gasteiger partial charge in [-0.2, -0.15) is 0 Å². The Morgan fingerprint density at radius 1 is 1.00 bits per heavy atom. The molecule has 0 fully saturated rings. The summed E-state index contributed by atoms with van der Waals surface area (Å²) < 4.78 is 6.70. The van der Waals surface area contributed by atoms with Gasteiger partial charge in [-0.15, -0.1) is 0 Å². The van der Waals surface area contributed by atoms with Crippen molar-refractivity contribution in [1.82, 2.24) is 0 Å². The summed E-state index contributed by atoms with van der Waals surface area (Å²) in [6, 6.07) is 21.7. The summed E-state index contributed by atoms with van der Waals surface area (Å²) in [4.78, 5) is 4.74. The van der Waals surface area contributed by atoms with Crippen molar-refractivity contribution in [3.63, 3.8) is 0 Å². The third-order valence-electron chi connectivity index (χ3n) is 6.61. The van der Waals surface area contributed by atoms with E-state index >= 15 is 0 Å². The number of ether oxygens (including phenoxy) is 1. The second-order valence-corrected chi connectivity index (χ2v) is 11.9. The van der Waals surface area contributed by atoms with Crippen LogP contribution in [0.15, 0.2) is 90.0 Å². The SMILES string of the molecule is C/N=C(\c1ccccc1)c1cccc(C)c1Pc1cc(C)cc(C(C)(C)C)c1OCC1C=CC=CC1. The van der Waals surface area contributed by atoms with Crippen molar-refractivity contribution in [1.29, 1.82) is 0 Å². The fourth-order valence-corrected chi connectivity index (χ4v) is 6.20. The van der Waals surface area contributed by atoms with Crippen LogP contribution in [0.4, 0.5) is 0 Å². The molecule has 3 heteroatoms. The van der Waals surface area contributed by atoms with E-state index in [1.165, 1.54) is 32.9 Å². The van der Waals surface area contributed by atoms with Gasteiger partial charge in [-0.3, -0.25) is 4.99 Å². The second kappa shape index (κ2) is 11.4. The smallest absolute Gasteiger partial charge is 0.130 e. The van der Waals surface area contributed by atoms with Crippen molar-refractivity contribution >= 4 is 24.9 Å². The number of aliphatic imine (C=N–C) groups is 1. The lowest BCUT2D eigenvalue weighted by molar-refractivity contribution is 0.271. The van der Waals surface area contributed by atoms with Crippen LogP contribution in [0, 0.1) is 19.8 Å². The summed E-state index contributed by atoms with van der Waals surface area (Å²) in [6.45, 7) is 11.9. The van der Waals surface area contributed by atoms with Crippen LogP contribution in [0.2, 0.25) is 0 Å². The van der Waals surface area contributed by atoms with Gasteiger partial charge < -0.3 is 4.74 Å². The predicted octanol–water partition coefficient (Wildman–Crippen LogP) is 7.21. The molecule has 36 heavy (non-hydrogen) atoms. The Morgan fingerprint density at radius 2 is 1.78 bits per heavy atom.